The van der Waals surface area contributed by atoms with E-state index in [1.54, 1.807) is 19.4 Å². The summed E-state index contributed by atoms with van der Waals surface area (Å²) in [6.45, 7) is 17.7. The molecule has 31 heavy (non-hydrogen) atoms. The van der Waals surface area contributed by atoms with Crippen LogP contribution in [0.15, 0.2) is 49.2 Å². The number of amides is 1. The average molecular weight is 431 g/mol. The number of benzene rings is 1. The van der Waals surface area contributed by atoms with E-state index in [0.29, 0.717) is 5.69 Å². The van der Waals surface area contributed by atoms with Crippen molar-refractivity contribution in [2.75, 3.05) is 25.6 Å². The van der Waals surface area contributed by atoms with Gasteiger partial charge in [-0.05, 0) is 31.4 Å². The molecule has 5 nitrogen and oxygen atoms in total. The van der Waals surface area contributed by atoms with Gasteiger partial charge in [0, 0.05) is 38.5 Å². The number of pyridine rings is 1. The first kappa shape index (κ1) is 30.7. The third kappa shape index (κ3) is 18.0. The zero-order valence-electron chi connectivity index (χ0n) is 20.5. The van der Waals surface area contributed by atoms with Gasteiger partial charge in [-0.2, -0.15) is 0 Å². The highest BCUT2D eigenvalue weighted by molar-refractivity contribution is 5.90. The highest BCUT2D eigenvalue weighted by Crippen LogP contribution is 2.15. The quantitative estimate of drug-likeness (QED) is 0.475. The number of methoxy groups -OCH3 is 1. The lowest BCUT2D eigenvalue weighted by molar-refractivity contribution is -0.114. The largest absolute Gasteiger partial charge is 0.385 e. The summed E-state index contributed by atoms with van der Waals surface area (Å²) in [5.74, 6) is -0.103. The fourth-order valence-corrected chi connectivity index (χ4v) is 2.16. The van der Waals surface area contributed by atoms with Crippen LogP contribution in [0.2, 0.25) is 0 Å². The summed E-state index contributed by atoms with van der Waals surface area (Å²) >= 11 is 0. The SMILES string of the molecule is C=Cc1cc(C)ncc1NC(C)=O.CC.CCCOC.CCCOCc1ccccc1. The molecule has 2 rings (SSSR count). The third-order valence-corrected chi connectivity index (χ3v) is 3.47. The van der Waals surface area contributed by atoms with E-state index in [9.17, 15) is 4.79 Å². The van der Waals surface area contributed by atoms with Gasteiger partial charge in [0.15, 0.2) is 0 Å². The lowest BCUT2D eigenvalue weighted by Crippen LogP contribution is -2.07. The first-order valence-electron chi connectivity index (χ1n) is 11.0. The van der Waals surface area contributed by atoms with Crippen LogP contribution in [0.25, 0.3) is 6.08 Å². The molecule has 0 unspecified atom stereocenters. The van der Waals surface area contributed by atoms with Crippen molar-refractivity contribution in [2.45, 2.75) is 61.0 Å². The third-order valence-electron chi connectivity index (χ3n) is 3.47. The van der Waals surface area contributed by atoms with Crippen LogP contribution in [0.4, 0.5) is 5.69 Å². The van der Waals surface area contributed by atoms with Crippen LogP contribution in [0, 0.1) is 6.92 Å². The van der Waals surface area contributed by atoms with E-state index in [-0.39, 0.29) is 5.91 Å². The van der Waals surface area contributed by atoms with Crippen LogP contribution in [0.1, 0.15) is 64.3 Å². The fraction of sp³-hybridized carbons (Fsp3) is 0.462. The molecule has 1 aromatic carbocycles. The van der Waals surface area contributed by atoms with Gasteiger partial charge in [0.1, 0.15) is 0 Å². The van der Waals surface area contributed by atoms with E-state index in [0.717, 1.165) is 43.9 Å². The predicted octanol–water partition coefficient (Wildman–Crippen LogP) is 6.67. The zero-order chi connectivity index (χ0) is 23.9. The molecule has 0 radical (unpaired) electrons. The van der Waals surface area contributed by atoms with E-state index in [1.807, 2.05) is 45.0 Å². The summed E-state index contributed by atoms with van der Waals surface area (Å²) in [6.07, 6.45) is 5.54. The number of rotatable bonds is 8. The molecule has 0 bridgehead atoms. The normalized spacial score (nSPS) is 9.00. The van der Waals surface area contributed by atoms with Crippen molar-refractivity contribution in [1.82, 2.24) is 4.98 Å². The summed E-state index contributed by atoms with van der Waals surface area (Å²) < 4.78 is 10.1. The Hall–Kier alpha value is -2.50. The first-order valence-corrected chi connectivity index (χ1v) is 11.0. The number of carbonyl (C=O) groups excluding carboxylic acids is 1. The molecule has 1 heterocycles. The van der Waals surface area contributed by atoms with E-state index in [4.69, 9.17) is 9.47 Å². The minimum absolute atomic E-state index is 0.103. The lowest BCUT2D eigenvalue weighted by atomic mass is 10.2. The van der Waals surface area contributed by atoms with Crippen molar-refractivity contribution in [1.29, 1.82) is 0 Å². The lowest BCUT2D eigenvalue weighted by Gasteiger charge is -2.06. The fourth-order valence-electron chi connectivity index (χ4n) is 2.16. The summed E-state index contributed by atoms with van der Waals surface area (Å²) in [4.78, 5) is 14.9. The number of nitrogens with zero attached hydrogens (tertiary/aromatic N) is 1. The van der Waals surface area contributed by atoms with E-state index in [1.165, 1.54) is 12.5 Å². The Morgan fingerprint density at radius 3 is 2.19 bits per heavy atom. The van der Waals surface area contributed by atoms with Crippen LogP contribution >= 0.6 is 0 Å². The van der Waals surface area contributed by atoms with Gasteiger partial charge >= 0.3 is 0 Å². The Balaban J connectivity index is 0. The minimum Gasteiger partial charge on any atom is -0.385 e. The van der Waals surface area contributed by atoms with Gasteiger partial charge in [-0.25, -0.2) is 0 Å². The molecule has 0 aliphatic rings. The van der Waals surface area contributed by atoms with Gasteiger partial charge in [-0.1, -0.05) is 70.7 Å². The highest BCUT2D eigenvalue weighted by Gasteiger charge is 2.01. The summed E-state index contributed by atoms with van der Waals surface area (Å²) in [5, 5.41) is 2.68. The standard InChI is InChI=1S/C10H12N2O.C10H14O.C4H10O.C2H6/c1-4-9-5-7(2)11-6-10(9)12-8(3)13;1-2-8-11-9-10-6-4-3-5-7-10;1-3-4-5-2;1-2/h4-6H,1H2,2-3H3,(H,12,13);3-7H,2,8-9H2,1H3;3-4H2,1-2H3;1-2H3. The van der Waals surface area contributed by atoms with Gasteiger partial charge in [0.05, 0.1) is 18.5 Å². The number of nitrogens with one attached hydrogen (secondary N) is 1. The Labute approximate surface area is 189 Å². The number of hydrogen-bond donors (Lipinski definition) is 1. The zero-order valence-corrected chi connectivity index (χ0v) is 20.5. The smallest absolute Gasteiger partial charge is 0.221 e. The van der Waals surface area contributed by atoms with Crippen molar-refractivity contribution < 1.29 is 14.3 Å². The average Bonchev–Trinajstić information content (AvgIpc) is 2.78. The van der Waals surface area contributed by atoms with Crippen molar-refractivity contribution in [3.63, 3.8) is 0 Å². The molecule has 0 aliphatic carbocycles. The Morgan fingerprint density at radius 2 is 1.74 bits per heavy atom. The number of anilines is 1. The van der Waals surface area contributed by atoms with E-state index >= 15 is 0 Å². The van der Waals surface area contributed by atoms with Crippen molar-refractivity contribution >= 4 is 17.7 Å². The second-order valence-corrected chi connectivity index (χ2v) is 6.33. The first-order chi connectivity index (χ1) is 15.0. The van der Waals surface area contributed by atoms with Crippen LogP contribution in [-0.2, 0) is 20.9 Å². The maximum absolute atomic E-state index is 10.8. The van der Waals surface area contributed by atoms with Gasteiger partial charge in [0.25, 0.3) is 0 Å². The van der Waals surface area contributed by atoms with Crippen molar-refractivity contribution in [3.8, 4) is 0 Å². The summed E-state index contributed by atoms with van der Waals surface area (Å²) in [5.41, 5.74) is 3.75. The monoisotopic (exact) mass is 430 g/mol. The molecular weight excluding hydrogens is 388 g/mol. The van der Waals surface area contributed by atoms with Crippen LogP contribution < -0.4 is 5.32 Å². The summed E-state index contributed by atoms with van der Waals surface area (Å²) in [7, 11) is 1.71. The van der Waals surface area contributed by atoms with Gasteiger partial charge in [-0.15, -0.1) is 0 Å². The van der Waals surface area contributed by atoms with Gasteiger partial charge < -0.3 is 14.8 Å². The number of hydrogen-bond acceptors (Lipinski definition) is 4. The maximum Gasteiger partial charge on any atom is 0.221 e. The molecule has 0 aliphatic heterocycles. The predicted molar refractivity (Wildman–Crippen MR) is 133 cm³/mol. The molecule has 0 spiro atoms. The summed E-state index contributed by atoms with van der Waals surface area (Å²) in [6, 6.07) is 12.1. The van der Waals surface area contributed by atoms with E-state index in [2.05, 4.69) is 42.9 Å². The van der Waals surface area contributed by atoms with Crippen LogP contribution in [0.3, 0.4) is 0 Å². The molecule has 0 saturated heterocycles. The molecule has 1 N–H and O–H groups in total. The Morgan fingerprint density at radius 1 is 1.13 bits per heavy atom. The molecule has 0 fully saturated rings. The maximum atomic E-state index is 10.8. The number of ether oxygens (including phenoxy) is 2. The molecule has 1 amide bonds. The molecule has 2 aromatic rings. The van der Waals surface area contributed by atoms with Gasteiger partial charge in [0.2, 0.25) is 5.91 Å². The molecule has 5 heteroatoms. The highest BCUT2D eigenvalue weighted by atomic mass is 16.5. The molecule has 0 atom stereocenters. The van der Waals surface area contributed by atoms with Crippen LogP contribution in [0.5, 0.6) is 0 Å². The van der Waals surface area contributed by atoms with E-state index < -0.39 is 0 Å². The van der Waals surface area contributed by atoms with Crippen LogP contribution in [-0.4, -0.2) is 31.2 Å². The van der Waals surface area contributed by atoms with Crippen molar-refractivity contribution in [2.24, 2.45) is 0 Å². The second-order valence-electron chi connectivity index (χ2n) is 6.33. The minimum atomic E-state index is -0.103. The number of carbonyl (C=O) groups is 1. The molecule has 1 aromatic heterocycles. The molecule has 0 saturated carbocycles. The number of aromatic nitrogens is 1. The number of aryl methyl sites for hydroxylation is 1. The van der Waals surface area contributed by atoms with Crippen molar-refractivity contribution in [3.05, 3.63) is 66.0 Å². The second kappa shape index (κ2) is 22.2. The molecule has 174 valence electrons. The Bertz CT molecular complexity index is 686. The Kier molecular flexibility index (Phi) is 22.0. The molecular formula is C26H42N2O3. The topological polar surface area (TPSA) is 60.5 Å². The van der Waals surface area contributed by atoms with Gasteiger partial charge in [-0.3, -0.25) is 9.78 Å².